The number of carbonyl (C=O) groups is 1. The molecule has 0 bridgehead atoms. The summed E-state index contributed by atoms with van der Waals surface area (Å²) in [6, 6.07) is 10.1. The number of rotatable bonds is 5. The van der Waals surface area contributed by atoms with Crippen LogP contribution in [0.25, 0.3) is 0 Å². The van der Waals surface area contributed by atoms with Crippen molar-refractivity contribution in [2.75, 3.05) is 23.9 Å². The number of hydrogen-bond acceptors (Lipinski definition) is 3. The zero-order valence-corrected chi connectivity index (χ0v) is 18.3. The van der Waals surface area contributed by atoms with Crippen molar-refractivity contribution in [3.8, 4) is 0 Å². The van der Waals surface area contributed by atoms with Crippen molar-refractivity contribution in [2.24, 2.45) is 5.92 Å². The maximum absolute atomic E-state index is 13.4. The van der Waals surface area contributed by atoms with Gasteiger partial charge in [0.15, 0.2) is 0 Å². The monoisotopic (exact) mass is 474 g/mol. The third-order valence-corrected chi connectivity index (χ3v) is 7.28. The minimum Gasteiger partial charge on any atom is -0.341 e. The summed E-state index contributed by atoms with van der Waals surface area (Å²) in [5, 5.41) is -0.551. The van der Waals surface area contributed by atoms with Crippen LogP contribution in [0, 0.1) is 5.92 Å². The molecule has 1 aliphatic rings. The van der Waals surface area contributed by atoms with Crippen LogP contribution in [0.5, 0.6) is 0 Å². The fourth-order valence-corrected chi connectivity index (χ4v) is 5.21. The smallest absolute Gasteiger partial charge is 0.341 e. The number of halogens is 4. The first-order valence-corrected chi connectivity index (χ1v) is 11.5. The Kier molecular flexibility index (Phi) is 6.85. The molecular weight excluding hydrogens is 453 g/mol. The highest BCUT2D eigenvalue weighted by atomic mass is 35.5. The summed E-state index contributed by atoms with van der Waals surface area (Å²) in [4.78, 5) is 14.4. The third kappa shape index (κ3) is 5.33. The van der Waals surface area contributed by atoms with Crippen LogP contribution < -0.4 is 4.31 Å². The number of amides is 1. The van der Waals surface area contributed by atoms with Gasteiger partial charge in [0, 0.05) is 13.1 Å². The standard InChI is InChI=1S/C21H22ClF3N2O3S/c1-15-6-5-11-26(13-15)20(28)14-27(31(29,30)17-7-3-2-4-8-17)16-9-10-19(22)18(12-16)21(23,24)25/h2-4,7-10,12,15H,5-6,11,13-14H2,1H3/t15-/m0/s1. The molecule has 0 saturated carbocycles. The van der Waals surface area contributed by atoms with E-state index < -0.39 is 39.2 Å². The van der Waals surface area contributed by atoms with Crippen LogP contribution >= 0.6 is 11.6 Å². The Labute approximate surface area is 184 Å². The van der Waals surface area contributed by atoms with Crippen molar-refractivity contribution in [3.05, 3.63) is 59.1 Å². The van der Waals surface area contributed by atoms with Crippen LogP contribution in [-0.4, -0.2) is 38.9 Å². The van der Waals surface area contributed by atoms with E-state index in [1.54, 1.807) is 11.0 Å². The number of benzene rings is 2. The van der Waals surface area contributed by atoms with Gasteiger partial charge in [0.1, 0.15) is 6.54 Å². The van der Waals surface area contributed by atoms with Crippen molar-refractivity contribution in [3.63, 3.8) is 0 Å². The van der Waals surface area contributed by atoms with Crippen LogP contribution in [0.1, 0.15) is 25.3 Å². The lowest BCUT2D eigenvalue weighted by Gasteiger charge is -2.33. The Morgan fingerprint density at radius 1 is 1.19 bits per heavy atom. The highest BCUT2D eigenvalue weighted by molar-refractivity contribution is 7.92. The number of nitrogens with zero attached hydrogens (tertiary/aromatic N) is 2. The summed E-state index contributed by atoms with van der Waals surface area (Å²) in [5.41, 5.74) is -1.45. The van der Waals surface area contributed by atoms with Crippen molar-refractivity contribution >= 4 is 33.2 Å². The number of likely N-dealkylation sites (tertiary alicyclic amines) is 1. The molecule has 1 saturated heterocycles. The number of anilines is 1. The van der Waals surface area contributed by atoms with Crippen LogP contribution in [0.4, 0.5) is 18.9 Å². The first-order chi connectivity index (χ1) is 14.5. The van der Waals surface area contributed by atoms with Gasteiger partial charge in [0.2, 0.25) is 5.91 Å². The van der Waals surface area contributed by atoms with Gasteiger partial charge in [-0.25, -0.2) is 8.42 Å². The maximum atomic E-state index is 13.4. The first-order valence-electron chi connectivity index (χ1n) is 9.72. The van der Waals surface area contributed by atoms with E-state index in [2.05, 4.69) is 0 Å². The second-order valence-electron chi connectivity index (χ2n) is 7.57. The second-order valence-corrected chi connectivity index (χ2v) is 9.84. The van der Waals surface area contributed by atoms with Gasteiger partial charge in [-0.2, -0.15) is 13.2 Å². The summed E-state index contributed by atoms with van der Waals surface area (Å²) >= 11 is 5.70. The molecule has 0 aliphatic carbocycles. The Morgan fingerprint density at radius 2 is 1.87 bits per heavy atom. The highest BCUT2D eigenvalue weighted by Gasteiger charge is 2.36. The zero-order chi connectivity index (χ0) is 22.8. The van der Waals surface area contributed by atoms with E-state index in [4.69, 9.17) is 11.6 Å². The number of carbonyl (C=O) groups excluding carboxylic acids is 1. The van der Waals surface area contributed by atoms with E-state index in [-0.39, 0.29) is 16.5 Å². The maximum Gasteiger partial charge on any atom is 0.417 e. The quantitative estimate of drug-likeness (QED) is 0.624. The number of sulfonamides is 1. The summed E-state index contributed by atoms with van der Waals surface area (Å²) in [5.74, 6) is -0.196. The van der Waals surface area contributed by atoms with Gasteiger partial charge in [0.05, 0.1) is 21.2 Å². The number of hydrogen-bond donors (Lipinski definition) is 0. The molecule has 2 aromatic rings. The summed E-state index contributed by atoms with van der Waals surface area (Å²) in [6.07, 6.45) is -3.03. The average Bonchev–Trinajstić information content (AvgIpc) is 2.72. The number of alkyl halides is 3. The van der Waals surface area contributed by atoms with E-state index in [0.717, 1.165) is 23.2 Å². The molecule has 1 atom stereocenters. The van der Waals surface area contributed by atoms with Gasteiger partial charge in [-0.05, 0) is 49.1 Å². The van der Waals surface area contributed by atoms with E-state index in [1.807, 2.05) is 6.92 Å². The second kappa shape index (κ2) is 9.08. The van der Waals surface area contributed by atoms with Crippen LogP contribution in [0.2, 0.25) is 5.02 Å². The molecule has 1 heterocycles. The lowest BCUT2D eigenvalue weighted by Crippen LogP contribution is -2.46. The third-order valence-electron chi connectivity index (χ3n) is 5.16. The highest BCUT2D eigenvalue weighted by Crippen LogP contribution is 2.38. The van der Waals surface area contributed by atoms with Crippen LogP contribution in [0.3, 0.4) is 0 Å². The number of piperidine rings is 1. The van der Waals surface area contributed by atoms with E-state index in [1.165, 1.54) is 30.3 Å². The molecule has 1 fully saturated rings. The Balaban J connectivity index is 2.04. The molecule has 0 N–H and O–H groups in total. The van der Waals surface area contributed by atoms with Gasteiger partial charge >= 0.3 is 6.18 Å². The molecule has 3 rings (SSSR count). The molecule has 0 spiro atoms. The minimum atomic E-state index is -4.78. The molecule has 10 heteroatoms. The topological polar surface area (TPSA) is 57.7 Å². The van der Waals surface area contributed by atoms with Crippen molar-refractivity contribution in [1.82, 2.24) is 4.90 Å². The predicted octanol–water partition coefficient (Wildman–Crippen LogP) is 4.81. The molecule has 0 radical (unpaired) electrons. The van der Waals surface area contributed by atoms with Crippen LogP contribution in [-0.2, 0) is 21.0 Å². The van der Waals surface area contributed by atoms with Gasteiger partial charge in [-0.1, -0.05) is 36.7 Å². The van der Waals surface area contributed by atoms with Gasteiger partial charge < -0.3 is 4.90 Å². The zero-order valence-electron chi connectivity index (χ0n) is 16.8. The summed E-state index contributed by atoms with van der Waals surface area (Å²) in [6.45, 7) is 2.35. The lowest BCUT2D eigenvalue weighted by atomic mass is 10.0. The molecule has 0 aromatic heterocycles. The molecule has 1 aliphatic heterocycles. The first kappa shape index (κ1) is 23.4. The Hall–Kier alpha value is -2.26. The fraction of sp³-hybridized carbons (Fsp3) is 0.381. The molecule has 31 heavy (non-hydrogen) atoms. The predicted molar refractivity (Wildman–Crippen MR) is 112 cm³/mol. The summed E-state index contributed by atoms with van der Waals surface area (Å²) in [7, 11) is -4.30. The van der Waals surface area contributed by atoms with Crippen LogP contribution in [0.15, 0.2) is 53.4 Å². The summed E-state index contributed by atoms with van der Waals surface area (Å²) < 4.78 is 67.5. The molecule has 0 unspecified atom stereocenters. The Morgan fingerprint density at radius 3 is 2.48 bits per heavy atom. The van der Waals surface area contributed by atoms with Gasteiger partial charge in [0.25, 0.3) is 10.0 Å². The molecule has 1 amide bonds. The van der Waals surface area contributed by atoms with Crippen molar-refractivity contribution in [1.29, 1.82) is 0 Å². The average molecular weight is 475 g/mol. The van der Waals surface area contributed by atoms with E-state index >= 15 is 0 Å². The molecule has 5 nitrogen and oxygen atoms in total. The Bertz CT molecular complexity index is 1050. The lowest BCUT2D eigenvalue weighted by molar-refractivity contribution is -0.137. The van der Waals surface area contributed by atoms with Crippen molar-refractivity contribution in [2.45, 2.75) is 30.8 Å². The molecule has 168 valence electrons. The SMILES string of the molecule is C[C@H]1CCCN(C(=O)CN(c2ccc(Cl)c(C(F)(F)F)c2)S(=O)(=O)c2ccccc2)C1. The fourth-order valence-electron chi connectivity index (χ4n) is 3.56. The molecular formula is C21H22ClF3N2O3S. The van der Waals surface area contributed by atoms with E-state index in [0.29, 0.717) is 19.2 Å². The molecule has 2 aromatic carbocycles. The minimum absolute atomic E-state index is 0.127. The van der Waals surface area contributed by atoms with Gasteiger partial charge in [-0.3, -0.25) is 9.10 Å². The van der Waals surface area contributed by atoms with Gasteiger partial charge in [-0.15, -0.1) is 0 Å². The van der Waals surface area contributed by atoms with Crippen molar-refractivity contribution < 1.29 is 26.4 Å². The van der Waals surface area contributed by atoms with E-state index in [9.17, 15) is 26.4 Å². The largest absolute Gasteiger partial charge is 0.417 e. The normalized spacial score (nSPS) is 17.5.